The molecule has 0 saturated carbocycles. The minimum Gasteiger partial charge on any atom is -0.506 e. The first kappa shape index (κ1) is 8.72. The van der Waals surface area contributed by atoms with E-state index < -0.39 is 0 Å². The van der Waals surface area contributed by atoms with E-state index in [0.29, 0.717) is 4.90 Å². The minimum absolute atomic E-state index is 0.243. The normalized spacial score (nSPS) is 10.8. The molecule has 1 aromatic heterocycles. The molecule has 0 amide bonds. The van der Waals surface area contributed by atoms with Gasteiger partial charge >= 0.3 is 0 Å². The van der Waals surface area contributed by atoms with E-state index in [1.807, 2.05) is 17.7 Å². The molecule has 2 aromatic rings. The van der Waals surface area contributed by atoms with Crippen LogP contribution in [0.15, 0.2) is 22.4 Å². The van der Waals surface area contributed by atoms with Crippen molar-refractivity contribution in [1.29, 1.82) is 0 Å². The lowest BCUT2D eigenvalue weighted by molar-refractivity contribution is 0.459. The largest absolute Gasteiger partial charge is 0.506 e. The number of phenols is 2. The van der Waals surface area contributed by atoms with E-state index >= 15 is 0 Å². The van der Waals surface area contributed by atoms with Crippen molar-refractivity contribution in [3.05, 3.63) is 17.5 Å². The summed E-state index contributed by atoms with van der Waals surface area (Å²) in [5, 5.41) is 21.9. The first-order valence-corrected chi connectivity index (χ1v) is 5.80. The minimum atomic E-state index is 0.243. The Balaban J connectivity index is 2.85. The summed E-state index contributed by atoms with van der Waals surface area (Å²) in [4.78, 5) is 0.711. The van der Waals surface area contributed by atoms with Crippen LogP contribution in [0.3, 0.4) is 0 Å². The molecule has 1 heterocycles. The highest BCUT2D eigenvalue weighted by Crippen LogP contribution is 2.41. The van der Waals surface area contributed by atoms with E-state index in [4.69, 9.17) is 0 Å². The fraction of sp³-hybridized carbons (Fsp3) is 0.111. The molecule has 0 aliphatic heterocycles. The Morgan fingerprint density at radius 1 is 1.38 bits per heavy atom. The lowest BCUT2D eigenvalue weighted by Crippen LogP contribution is -1.74. The van der Waals surface area contributed by atoms with Crippen molar-refractivity contribution < 1.29 is 10.2 Å². The molecule has 4 heteroatoms. The predicted molar refractivity (Wildman–Crippen MR) is 56.9 cm³/mol. The van der Waals surface area contributed by atoms with Gasteiger partial charge in [0, 0.05) is 5.39 Å². The molecule has 0 atom stereocenters. The van der Waals surface area contributed by atoms with Crippen LogP contribution in [0.5, 0.6) is 11.5 Å². The lowest BCUT2D eigenvalue weighted by Gasteiger charge is -2.03. The molecular formula is C9H8O2S2. The Morgan fingerprint density at radius 3 is 2.85 bits per heavy atom. The first-order chi connectivity index (χ1) is 6.24. The molecule has 0 aliphatic rings. The Morgan fingerprint density at radius 2 is 2.15 bits per heavy atom. The van der Waals surface area contributed by atoms with E-state index in [0.717, 1.165) is 10.1 Å². The first-order valence-electron chi connectivity index (χ1n) is 3.70. The van der Waals surface area contributed by atoms with E-state index in [-0.39, 0.29) is 11.5 Å². The molecule has 1 aromatic carbocycles. The molecule has 2 N–H and O–H groups in total. The number of hydrogen-bond acceptors (Lipinski definition) is 4. The molecule has 0 radical (unpaired) electrons. The van der Waals surface area contributed by atoms with Gasteiger partial charge in [0.05, 0.1) is 9.60 Å². The van der Waals surface area contributed by atoms with Crippen LogP contribution < -0.4 is 0 Å². The predicted octanol–water partition coefficient (Wildman–Crippen LogP) is 3.03. The van der Waals surface area contributed by atoms with Crippen molar-refractivity contribution in [1.82, 2.24) is 0 Å². The highest BCUT2D eigenvalue weighted by Gasteiger charge is 2.10. The van der Waals surface area contributed by atoms with Crippen LogP contribution in [-0.2, 0) is 0 Å². The number of aromatic hydroxyl groups is 2. The number of thioether (sulfide) groups is 1. The summed E-state index contributed by atoms with van der Waals surface area (Å²) in [6.07, 6.45) is 1.87. The van der Waals surface area contributed by atoms with Crippen LogP contribution in [-0.4, -0.2) is 16.5 Å². The van der Waals surface area contributed by atoms with Crippen LogP contribution in [0.1, 0.15) is 0 Å². The number of hydrogen-bond donors (Lipinski definition) is 2. The summed E-state index contributed by atoms with van der Waals surface area (Å²) in [7, 11) is 0. The average molecular weight is 212 g/mol. The van der Waals surface area contributed by atoms with Crippen molar-refractivity contribution >= 4 is 33.2 Å². The summed E-state index contributed by atoms with van der Waals surface area (Å²) >= 11 is 2.85. The van der Waals surface area contributed by atoms with Crippen LogP contribution in [0.2, 0.25) is 0 Å². The van der Waals surface area contributed by atoms with Gasteiger partial charge in [0.15, 0.2) is 0 Å². The number of fused-ring (bicyclic) bond motifs is 1. The molecule has 2 rings (SSSR count). The maximum absolute atomic E-state index is 9.74. The second kappa shape index (κ2) is 3.12. The lowest BCUT2D eigenvalue weighted by atomic mass is 10.2. The third-order valence-electron chi connectivity index (χ3n) is 1.87. The fourth-order valence-corrected chi connectivity index (χ4v) is 2.58. The fourth-order valence-electron chi connectivity index (χ4n) is 1.24. The summed E-state index contributed by atoms with van der Waals surface area (Å²) in [6.45, 7) is 0. The third-order valence-corrected chi connectivity index (χ3v) is 3.56. The zero-order valence-corrected chi connectivity index (χ0v) is 8.58. The van der Waals surface area contributed by atoms with Crippen LogP contribution in [0, 0.1) is 0 Å². The molecule has 0 saturated heterocycles. The molecule has 13 heavy (non-hydrogen) atoms. The van der Waals surface area contributed by atoms with Gasteiger partial charge in [0.25, 0.3) is 0 Å². The molecule has 0 fully saturated rings. The summed E-state index contributed by atoms with van der Waals surface area (Å²) in [5.74, 6) is 0.508. The standard InChI is InChI=1S/C9H8O2S2/c1-12-7-4-6(10)9-5(8(7)11)2-3-13-9/h2-4,10-11H,1H3. The second-order valence-corrected chi connectivity index (χ2v) is 4.37. The monoisotopic (exact) mass is 212 g/mol. The van der Waals surface area contributed by atoms with Gasteiger partial charge < -0.3 is 10.2 Å². The van der Waals surface area contributed by atoms with Gasteiger partial charge in [-0.2, -0.15) is 0 Å². The van der Waals surface area contributed by atoms with Gasteiger partial charge in [-0.25, -0.2) is 0 Å². The van der Waals surface area contributed by atoms with Crippen molar-refractivity contribution in [2.24, 2.45) is 0 Å². The number of benzene rings is 1. The van der Waals surface area contributed by atoms with Gasteiger partial charge in [-0.1, -0.05) is 0 Å². The Hall–Kier alpha value is -0.870. The molecular weight excluding hydrogens is 204 g/mol. The number of thiophene rings is 1. The molecule has 0 bridgehead atoms. The summed E-state index contributed by atoms with van der Waals surface area (Å²) in [6, 6.07) is 3.41. The zero-order valence-electron chi connectivity index (χ0n) is 6.94. The molecule has 68 valence electrons. The van der Waals surface area contributed by atoms with Crippen molar-refractivity contribution in [3.63, 3.8) is 0 Å². The van der Waals surface area contributed by atoms with E-state index in [1.165, 1.54) is 23.1 Å². The van der Waals surface area contributed by atoms with Gasteiger partial charge in [0.1, 0.15) is 11.5 Å². The number of rotatable bonds is 1. The van der Waals surface area contributed by atoms with Crippen molar-refractivity contribution in [2.75, 3.05) is 6.26 Å². The average Bonchev–Trinajstić information content (AvgIpc) is 2.60. The van der Waals surface area contributed by atoms with Gasteiger partial charge in [-0.3, -0.25) is 0 Å². The van der Waals surface area contributed by atoms with Crippen molar-refractivity contribution in [2.45, 2.75) is 4.90 Å². The zero-order chi connectivity index (χ0) is 9.42. The third kappa shape index (κ3) is 1.26. The Kier molecular flexibility index (Phi) is 2.09. The maximum atomic E-state index is 9.74. The summed E-state index contributed by atoms with van der Waals surface area (Å²) < 4.78 is 0.746. The second-order valence-electron chi connectivity index (χ2n) is 2.61. The highest BCUT2D eigenvalue weighted by atomic mass is 32.2. The van der Waals surface area contributed by atoms with Gasteiger partial charge in [0.2, 0.25) is 0 Å². The Bertz CT molecular complexity index is 448. The molecule has 0 unspecified atom stereocenters. The van der Waals surface area contributed by atoms with E-state index in [1.54, 1.807) is 6.07 Å². The topological polar surface area (TPSA) is 40.5 Å². The molecule has 0 spiro atoms. The Labute approximate surface area is 83.8 Å². The van der Waals surface area contributed by atoms with Crippen LogP contribution in [0.25, 0.3) is 10.1 Å². The quantitative estimate of drug-likeness (QED) is 0.564. The van der Waals surface area contributed by atoms with Crippen LogP contribution >= 0.6 is 23.1 Å². The smallest absolute Gasteiger partial charge is 0.138 e. The van der Waals surface area contributed by atoms with Crippen molar-refractivity contribution in [3.8, 4) is 11.5 Å². The van der Waals surface area contributed by atoms with Gasteiger partial charge in [-0.15, -0.1) is 23.1 Å². The van der Waals surface area contributed by atoms with Gasteiger partial charge in [-0.05, 0) is 23.8 Å². The number of phenolic OH excluding ortho intramolecular Hbond substituents is 2. The SMILES string of the molecule is CSc1cc(O)c2sccc2c1O. The van der Waals surface area contributed by atoms with Crippen LogP contribution in [0.4, 0.5) is 0 Å². The molecule has 2 nitrogen and oxygen atoms in total. The van der Waals surface area contributed by atoms with E-state index in [2.05, 4.69) is 0 Å². The summed E-state index contributed by atoms with van der Waals surface area (Å²) in [5.41, 5.74) is 0. The molecule has 0 aliphatic carbocycles. The maximum Gasteiger partial charge on any atom is 0.138 e. The van der Waals surface area contributed by atoms with E-state index in [9.17, 15) is 10.2 Å². The highest BCUT2D eigenvalue weighted by molar-refractivity contribution is 7.98.